The summed E-state index contributed by atoms with van der Waals surface area (Å²) in [6.07, 6.45) is -3.97. The molecular formula is C20H18F4N2O2. The van der Waals surface area contributed by atoms with Gasteiger partial charge in [0.2, 0.25) is 0 Å². The largest absolute Gasteiger partial charge is 0.416 e. The number of carbonyl (C=O) groups is 2. The topological polar surface area (TPSA) is 40.6 Å². The number of halogens is 4. The molecular weight excluding hydrogens is 376 g/mol. The molecule has 1 aliphatic rings. The Morgan fingerprint density at radius 2 is 1.36 bits per heavy atom. The molecule has 4 nitrogen and oxygen atoms in total. The zero-order valence-electron chi connectivity index (χ0n) is 14.9. The maximum atomic E-state index is 13.8. The second kappa shape index (κ2) is 8.00. The van der Waals surface area contributed by atoms with Crippen LogP contribution in [-0.4, -0.2) is 47.8 Å². The van der Waals surface area contributed by atoms with Crippen LogP contribution < -0.4 is 0 Å². The number of alkyl halides is 3. The molecule has 0 radical (unpaired) electrons. The highest BCUT2D eigenvalue weighted by Gasteiger charge is 2.31. The molecule has 3 rings (SSSR count). The summed E-state index contributed by atoms with van der Waals surface area (Å²) in [7, 11) is 0. The Morgan fingerprint density at radius 3 is 1.93 bits per heavy atom. The third-order valence-electron chi connectivity index (χ3n) is 4.63. The second-order valence-electron chi connectivity index (χ2n) is 6.49. The van der Waals surface area contributed by atoms with Crippen molar-refractivity contribution in [2.45, 2.75) is 12.6 Å². The zero-order valence-corrected chi connectivity index (χ0v) is 14.9. The smallest absolute Gasteiger partial charge is 0.337 e. The number of hydrogen-bond donors (Lipinski definition) is 0. The standard InChI is InChI=1S/C20H18F4N2O2/c21-17-5-2-1-4-16(17)19(28)26-11-3-10-25(12-13-26)18(27)14-6-8-15(9-7-14)20(22,23)24/h1-2,4-9H,3,10-13H2. The van der Waals surface area contributed by atoms with Crippen LogP contribution in [0.5, 0.6) is 0 Å². The number of amides is 2. The van der Waals surface area contributed by atoms with Crippen LogP contribution in [0.15, 0.2) is 48.5 Å². The molecule has 1 aliphatic heterocycles. The van der Waals surface area contributed by atoms with Crippen LogP contribution in [0, 0.1) is 5.82 Å². The van der Waals surface area contributed by atoms with Crippen molar-refractivity contribution >= 4 is 11.8 Å². The highest BCUT2D eigenvalue weighted by Crippen LogP contribution is 2.29. The van der Waals surface area contributed by atoms with E-state index in [2.05, 4.69) is 0 Å². The molecule has 28 heavy (non-hydrogen) atoms. The minimum Gasteiger partial charge on any atom is -0.337 e. The second-order valence-corrected chi connectivity index (χ2v) is 6.49. The molecule has 0 spiro atoms. The summed E-state index contributed by atoms with van der Waals surface area (Å²) < 4.78 is 51.8. The highest BCUT2D eigenvalue weighted by molar-refractivity contribution is 5.95. The fraction of sp³-hybridized carbons (Fsp3) is 0.300. The maximum Gasteiger partial charge on any atom is 0.416 e. The van der Waals surface area contributed by atoms with Crippen molar-refractivity contribution in [3.63, 3.8) is 0 Å². The first kappa shape index (κ1) is 19.9. The van der Waals surface area contributed by atoms with E-state index in [-0.39, 0.29) is 24.2 Å². The van der Waals surface area contributed by atoms with Gasteiger partial charge >= 0.3 is 6.18 Å². The van der Waals surface area contributed by atoms with E-state index in [0.717, 1.165) is 24.3 Å². The van der Waals surface area contributed by atoms with Gasteiger partial charge in [-0.05, 0) is 42.8 Å². The first-order valence-electron chi connectivity index (χ1n) is 8.78. The Balaban J connectivity index is 1.67. The Labute approximate surface area is 159 Å². The van der Waals surface area contributed by atoms with Gasteiger partial charge in [-0.25, -0.2) is 4.39 Å². The third-order valence-corrected chi connectivity index (χ3v) is 4.63. The molecule has 1 heterocycles. The summed E-state index contributed by atoms with van der Waals surface area (Å²) in [6, 6.07) is 9.75. The van der Waals surface area contributed by atoms with Crippen molar-refractivity contribution in [3.05, 3.63) is 71.0 Å². The molecule has 1 fully saturated rings. The Bertz CT molecular complexity index is 865. The molecule has 8 heteroatoms. The molecule has 0 aromatic heterocycles. The predicted molar refractivity (Wildman–Crippen MR) is 94.3 cm³/mol. The third kappa shape index (κ3) is 4.32. The minimum absolute atomic E-state index is 0.0231. The molecule has 0 saturated carbocycles. The molecule has 1 saturated heterocycles. The Hall–Kier alpha value is -2.90. The van der Waals surface area contributed by atoms with E-state index < -0.39 is 29.4 Å². The molecule has 0 N–H and O–H groups in total. The van der Waals surface area contributed by atoms with E-state index in [1.165, 1.54) is 28.0 Å². The van der Waals surface area contributed by atoms with Crippen LogP contribution in [0.1, 0.15) is 32.7 Å². The van der Waals surface area contributed by atoms with E-state index in [1.807, 2.05) is 0 Å². The maximum absolute atomic E-state index is 13.8. The molecule has 2 aromatic carbocycles. The van der Waals surface area contributed by atoms with Crippen LogP contribution >= 0.6 is 0 Å². The molecule has 148 valence electrons. The fourth-order valence-electron chi connectivity index (χ4n) is 3.11. The molecule has 0 bridgehead atoms. The van der Waals surface area contributed by atoms with E-state index in [1.54, 1.807) is 6.07 Å². The number of rotatable bonds is 2. The fourth-order valence-corrected chi connectivity index (χ4v) is 3.11. The zero-order chi connectivity index (χ0) is 20.3. The van der Waals surface area contributed by atoms with Gasteiger partial charge in [-0.15, -0.1) is 0 Å². The lowest BCUT2D eigenvalue weighted by Crippen LogP contribution is -2.37. The van der Waals surface area contributed by atoms with Gasteiger partial charge in [0.1, 0.15) is 5.82 Å². The summed E-state index contributed by atoms with van der Waals surface area (Å²) in [5.41, 5.74) is -0.687. The lowest BCUT2D eigenvalue weighted by atomic mass is 10.1. The van der Waals surface area contributed by atoms with E-state index >= 15 is 0 Å². The normalized spacial score (nSPS) is 15.3. The summed E-state index contributed by atoms with van der Waals surface area (Å²) >= 11 is 0. The van der Waals surface area contributed by atoms with Gasteiger partial charge in [0.15, 0.2) is 0 Å². The molecule has 0 unspecified atom stereocenters. The van der Waals surface area contributed by atoms with Crippen LogP contribution in [-0.2, 0) is 6.18 Å². The van der Waals surface area contributed by atoms with Crippen LogP contribution in [0.3, 0.4) is 0 Å². The number of carbonyl (C=O) groups excluding carboxylic acids is 2. The average molecular weight is 394 g/mol. The van der Waals surface area contributed by atoms with Gasteiger partial charge < -0.3 is 9.80 Å². The quantitative estimate of drug-likeness (QED) is 0.727. The van der Waals surface area contributed by atoms with Crippen molar-refractivity contribution in [2.24, 2.45) is 0 Å². The van der Waals surface area contributed by atoms with Gasteiger partial charge in [0.05, 0.1) is 11.1 Å². The molecule has 0 aliphatic carbocycles. The Morgan fingerprint density at radius 1 is 0.786 bits per heavy atom. The van der Waals surface area contributed by atoms with E-state index in [0.29, 0.717) is 19.5 Å². The van der Waals surface area contributed by atoms with Gasteiger partial charge in [-0.1, -0.05) is 12.1 Å². The summed E-state index contributed by atoms with van der Waals surface area (Å²) in [5, 5.41) is 0. The van der Waals surface area contributed by atoms with Crippen molar-refractivity contribution in [3.8, 4) is 0 Å². The SMILES string of the molecule is O=C(c1ccc(C(F)(F)F)cc1)N1CCCN(C(=O)c2ccccc2F)CC1. The van der Waals surface area contributed by atoms with Crippen LogP contribution in [0.25, 0.3) is 0 Å². The van der Waals surface area contributed by atoms with Gasteiger partial charge in [-0.2, -0.15) is 13.2 Å². The first-order chi connectivity index (χ1) is 13.3. The summed E-state index contributed by atoms with van der Waals surface area (Å²) in [5.74, 6) is -1.44. The van der Waals surface area contributed by atoms with Gasteiger partial charge in [-0.3, -0.25) is 9.59 Å². The summed E-state index contributed by atoms with van der Waals surface area (Å²) in [6.45, 7) is 1.17. The molecule has 2 aromatic rings. The number of hydrogen-bond acceptors (Lipinski definition) is 2. The first-order valence-corrected chi connectivity index (χ1v) is 8.78. The lowest BCUT2D eigenvalue weighted by molar-refractivity contribution is -0.137. The summed E-state index contributed by atoms with van der Waals surface area (Å²) in [4.78, 5) is 28.1. The van der Waals surface area contributed by atoms with E-state index in [4.69, 9.17) is 0 Å². The molecule has 0 atom stereocenters. The number of benzene rings is 2. The van der Waals surface area contributed by atoms with Crippen molar-refractivity contribution in [1.29, 1.82) is 0 Å². The van der Waals surface area contributed by atoms with E-state index in [9.17, 15) is 27.2 Å². The molecule has 2 amide bonds. The van der Waals surface area contributed by atoms with Crippen molar-refractivity contribution in [1.82, 2.24) is 9.80 Å². The average Bonchev–Trinajstić information content (AvgIpc) is 2.93. The number of nitrogens with zero attached hydrogens (tertiary/aromatic N) is 2. The highest BCUT2D eigenvalue weighted by atomic mass is 19.4. The minimum atomic E-state index is -4.46. The van der Waals surface area contributed by atoms with Crippen LogP contribution in [0.2, 0.25) is 0 Å². The van der Waals surface area contributed by atoms with Crippen molar-refractivity contribution in [2.75, 3.05) is 26.2 Å². The predicted octanol–water partition coefficient (Wildman–Crippen LogP) is 3.83. The van der Waals surface area contributed by atoms with Crippen LogP contribution in [0.4, 0.5) is 17.6 Å². The lowest BCUT2D eigenvalue weighted by Gasteiger charge is -2.22. The van der Waals surface area contributed by atoms with Gasteiger partial charge in [0.25, 0.3) is 11.8 Å². The van der Waals surface area contributed by atoms with Gasteiger partial charge in [0, 0.05) is 31.7 Å². The van der Waals surface area contributed by atoms with Crippen molar-refractivity contribution < 1.29 is 27.2 Å². The monoisotopic (exact) mass is 394 g/mol. The Kier molecular flexibility index (Phi) is 5.67.